The van der Waals surface area contributed by atoms with Gasteiger partial charge in [0.2, 0.25) is 0 Å². The van der Waals surface area contributed by atoms with E-state index in [2.05, 4.69) is 10.6 Å². The monoisotopic (exact) mass is 278 g/mol. The second-order valence-electron chi connectivity index (χ2n) is 4.98. The zero-order valence-electron chi connectivity index (χ0n) is 12.0. The van der Waals surface area contributed by atoms with E-state index in [9.17, 15) is 4.79 Å². The van der Waals surface area contributed by atoms with Gasteiger partial charge < -0.3 is 20.1 Å². The Hall–Kier alpha value is -1.75. The van der Waals surface area contributed by atoms with E-state index in [1.54, 1.807) is 7.11 Å². The standard InChI is InChI=1S/C15H22N2O3/c1-11(13-8-5-9-20-13)17-15(18)16-10-12-6-3-4-7-14(12)19-2/h3-4,6-7,11,13H,5,8-10H2,1-2H3,(H2,16,17,18)/t11-,13+/m0/s1. The van der Waals surface area contributed by atoms with Crippen LogP contribution < -0.4 is 15.4 Å². The maximum Gasteiger partial charge on any atom is 0.315 e. The summed E-state index contributed by atoms with van der Waals surface area (Å²) in [5.74, 6) is 0.778. The predicted molar refractivity (Wildman–Crippen MR) is 76.8 cm³/mol. The summed E-state index contributed by atoms with van der Waals surface area (Å²) in [4.78, 5) is 11.9. The van der Waals surface area contributed by atoms with Crippen LogP contribution in [0.4, 0.5) is 4.79 Å². The van der Waals surface area contributed by atoms with Gasteiger partial charge in [-0.3, -0.25) is 0 Å². The second kappa shape index (κ2) is 7.14. The predicted octanol–water partition coefficient (Wildman–Crippen LogP) is 2.06. The van der Waals surface area contributed by atoms with Gasteiger partial charge in [-0.2, -0.15) is 0 Å². The van der Waals surface area contributed by atoms with Crippen molar-refractivity contribution in [2.24, 2.45) is 0 Å². The van der Waals surface area contributed by atoms with Gasteiger partial charge in [0.05, 0.1) is 19.3 Å². The van der Waals surface area contributed by atoms with Crippen molar-refractivity contribution in [3.05, 3.63) is 29.8 Å². The summed E-state index contributed by atoms with van der Waals surface area (Å²) in [6, 6.07) is 7.48. The summed E-state index contributed by atoms with van der Waals surface area (Å²) in [5.41, 5.74) is 0.954. The van der Waals surface area contributed by atoms with E-state index in [0.717, 1.165) is 30.8 Å². The topological polar surface area (TPSA) is 59.6 Å². The maximum atomic E-state index is 11.9. The van der Waals surface area contributed by atoms with Crippen LogP contribution in [0.3, 0.4) is 0 Å². The van der Waals surface area contributed by atoms with Gasteiger partial charge in [-0.25, -0.2) is 4.79 Å². The molecular formula is C15H22N2O3. The number of carbonyl (C=O) groups is 1. The molecule has 2 N–H and O–H groups in total. The lowest BCUT2D eigenvalue weighted by molar-refractivity contribution is 0.0860. The molecule has 0 aliphatic carbocycles. The largest absolute Gasteiger partial charge is 0.496 e. The lowest BCUT2D eigenvalue weighted by Crippen LogP contribution is -2.45. The van der Waals surface area contributed by atoms with E-state index in [-0.39, 0.29) is 18.2 Å². The van der Waals surface area contributed by atoms with Gasteiger partial charge in [0.1, 0.15) is 5.75 Å². The molecular weight excluding hydrogens is 256 g/mol. The van der Waals surface area contributed by atoms with E-state index in [0.29, 0.717) is 6.54 Å². The van der Waals surface area contributed by atoms with Crippen molar-refractivity contribution in [3.63, 3.8) is 0 Å². The molecule has 5 heteroatoms. The van der Waals surface area contributed by atoms with Crippen LogP contribution in [0.25, 0.3) is 0 Å². The van der Waals surface area contributed by atoms with Crippen LogP contribution in [0.1, 0.15) is 25.3 Å². The molecule has 1 aliphatic heterocycles. The van der Waals surface area contributed by atoms with Gasteiger partial charge in [-0.1, -0.05) is 18.2 Å². The van der Waals surface area contributed by atoms with E-state index in [4.69, 9.17) is 9.47 Å². The fourth-order valence-electron chi connectivity index (χ4n) is 2.37. The number of hydrogen-bond acceptors (Lipinski definition) is 3. The first kappa shape index (κ1) is 14.7. The quantitative estimate of drug-likeness (QED) is 0.866. The minimum Gasteiger partial charge on any atom is -0.496 e. The first-order valence-electron chi connectivity index (χ1n) is 6.98. The highest BCUT2D eigenvalue weighted by Gasteiger charge is 2.23. The molecule has 0 radical (unpaired) electrons. The fraction of sp³-hybridized carbons (Fsp3) is 0.533. The van der Waals surface area contributed by atoms with Gasteiger partial charge >= 0.3 is 6.03 Å². The van der Waals surface area contributed by atoms with Crippen LogP contribution >= 0.6 is 0 Å². The molecule has 5 nitrogen and oxygen atoms in total. The maximum absolute atomic E-state index is 11.9. The van der Waals surface area contributed by atoms with Crippen LogP contribution in [0, 0.1) is 0 Å². The summed E-state index contributed by atoms with van der Waals surface area (Å²) < 4.78 is 10.8. The van der Waals surface area contributed by atoms with Crippen molar-refractivity contribution in [2.75, 3.05) is 13.7 Å². The molecule has 1 aliphatic rings. The van der Waals surface area contributed by atoms with Gasteiger partial charge in [0.15, 0.2) is 0 Å². The summed E-state index contributed by atoms with van der Waals surface area (Å²) in [6.07, 6.45) is 2.21. The van der Waals surface area contributed by atoms with E-state index in [1.807, 2.05) is 31.2 Å². The SMILES string of the molecule is COc1ccccc1CNC(=O)N[C@@H](C)[C@H]1CCCO1. The van der Waals surface area contributed by atoms with E-state index in [1.165, 1.54) is 0 Å². The van der Waals surface area contributed by atoms with Crippen LogP contribution in [0.15, 0.2) is 24.3 Å². The Morgan fingerprint density at radius 2 is 2.30 bits per heavy atom. The molecule has 0 saturated carbocycles. The van der Waals surface area contributed by atoms with Crippen molar-refractivity contribution in [3.8, 4) is 5.75 Å². The van der Waals surface area contributed by atoms with E-state index < -0.39 is 0 Å². The van der Waals surface area contributed by atoms with E-state index >= 15 is 0 Å². The molecule has 1 fully saturated rings. The van der Waals surface area contributed by atoms with Crippen molar-refractivity contribution < 1.29 is 14.3 Å². The number of methoxy groups -OCH3 is 1. The zero-order valence-corrected chi connectivity index (χ0v) is 12.0. The molecule has 0 aromatic heterocycles. The number of rotatable bonds is 5. The number of carbonyl (C=O) groups excluding carboxylic acids is 1. The van der Waals surface area contributed by atoms with Crippen LogP contribution in [0.5, 0.6) is 5.75 Å². The Balaban J connectivity index is 1.79. The third-order valence-electron chi connectivity index (χ3n) is 3.51. The molecule has 20 heavy (non-hydrogen) atoms. The number of ether oxygens (including phenoxy) is 2. The molecule has 1 aromatic rings. The molecule has 1 saturated heterocycles. The number of nitrogens with one attached hydrogen (secondary N) is 2. The minimum atomic E-state index is -0.182. The number of amides is 2. The summed E-state index contributed by atoms with van der Waals surface area (Å²) in [6.45, 7) is 3.20. The highest BCUT2D eigenvalue weighted by molar-refractivity contribution is 5.74. The van der Waals surface area contributed by atoms with Crippen molar-refractivity contribution in [2.45, 2.75) is 38.5 Å². The normalized spacial score (nSPS) is 19.4. The Labute approximate surface area is 119 Å². The summed E-state index contributed by atoms with van der Waals surface area (Å²) >= 11 is 0. The van der Waals surface area contributed by atoms with Crippen LogP contribution in [0.2, 0.25) is 0 Å². The van der Waals surface area contributed by atoms with Crippen LogP contribution in [-0.2, 0) is 11.3 Å². The number of urea groups is 1. The fourth-order valence-corrected chi connectivity index (χ4v) is 2.37. The third-order valence-corrected chi connectivity index (χ3v) is 3.51. The van der Waals surface area contributed by atoms with Gasteiger partial charge in [0, 0.05) is 18.7 Å². The van der Waals surface area contributed by atoms with Crippen molar-refractivity contribution >= 4 is 6.03 Å². The van der Waals surface area contributed by atoms with Gasteiger partial charge in [0.25, 0.3) is 0 Å². The van der Waals surface area contributed by atoms with Crippen molar-refractivity contribution in [1.29, 1.82) is 0 Å². The molecule has 1 heterocycles. The van der Waals surface area contributed by atoms with Gasteiger partial charge in [-0.15, -0.1) is 0 Å². The first-order chi connectivity index (χ1) is 9.70. The molecule has 110 valence electrons. The highest BCUT2D eigenvalue weighted by atomic mass is 16.5. The number of para-hydroxylation sites is 1. The molecule has 0 unspecified atom stereocenters. The first-order valence-corrected chi connectivity index (χ1v) is 6.98. The molecule has 0 bridgehead atoms. The van der Waals surface area contributed by atoms with Crippen molar-refractivity contribution in [1.82, 2.24) is 10.6 Å². The number of hydrogen-bond donors (Lipinski definition) is 2. The second-order valence-corrected chi connectivity index (χ2v) is 4.98. The summed E-state index contributed by atoms with van der Waals surface area (Å²) in [7, 11) is 1.62. The summed E-state index contributed by atoms with van der Waals surface area (Å²) in [5, 5.41) is 5.76. The third kappa shape index (κ3) is 3.87. The Morgan fingerprint density at radius 1 is 1.50 bits per heavy atom. The minimum absolute atomic E-state index is 0.0233. The molecule has 1 aromatic carbocycles. The highest BCUT2D eigenvalue weighted by Crippen LogP contribution is 2.17. The van der Waals surface area contributed by atoms with Crippen LogP contribution in [-0.4, -0.2) is 31.9 Å². The van der Waals surface area contributed by atoms with Gasteiger partial charge in [-0.05, 0) is 25.8 Å². The molecule has 0 spiro atoms. The average molecular weight is 278 g/mol. The smallest absolute Gasteiger partial charge is 0.315 e. The Morgan fingerprint density at radius 3 is 3.00 bits per heavy atom. The average Bonchev–Trinajstić information content (AvgIpc) is 2.99. The lowest BCUT2D eigenvalue weighted by Gasteiger charge is -2.20. The Kier molecular flexibility index (Phi) is 5.24. The lowest BCUT2D eigenvalue weighted by atomic mass is 10.1. The Bertz CT molecular complexity index is 444. The molecule has 2 rings (SSSR count). The zero-order chi connectivity index (χ0) is 14.4. The number of benzene rings is 1. The molecule has 2 atom stereocenters. The molecule has 2 amide bonds.